The maximum atomic E-state index is 13.0. The lowest BCUT2D eigenvalue weighted by atomic mass is 10.1. The second-order valence-corrected chi connectivity index (χ2v) is 6.26. The van der Waals surface area contributed by atoms with Crippen molar-refractivity contribution in [1.29, 1.82) is 0 Å². The van der Waals surface area contributed by atoms with Crippen LogP contribution in [0.1, 0.15) is 5.56 Å². The van der Waals surface area contributed by atoms with Crippen molar-refractivity contribution in [2.75, 3.05) is 5.32 Å². The Bertz CT molecular complexity index is 981. The summed E-state index contributed by atoms with van der Waals surface area (Å²) in [5, 5.41) is 4.03. The highest BCUT2D eigenvalue weighted by molar-refractivity contribution is 7.13. The lowest BCUT2D eigenvalue weighted by Gasteiger charge is -2.13. The molecule has 0 aliphatic rings. The maximum Gasteiger partial charge on any atom is 0.418 e. The van der Waals surface area contributed by atoms with Gasteiger partial charge in [-0.1, -0.05) is 18.2 Å². The molecule has 2 aromatic heterocycles. The Morgan fingerprint density at radius 3 is 2.62 bits per heavy atom. The Morgan fingerprint density at radius 1 is 1.19 bits per heavy atom. The number of carbonyl (C=O) groups excluding carboxylic acids is 1. The summed E-state index contributed by atoms with van der Waals surface area (Å²) in [5.41, 5.74) is -1.31. The van der Waals surface area contributed by atoms with Gasteiger partial charge in [0.05, 0.1) is 28.1 Å². The average Bonchev–Trinajstić information content (AvgIpc) is 3.11. The molecule has 0 saturated heterocycles. The van der Waals surface area contributed by atoms with Gasteiger partial charge in [-0.2, -0.15) is 13.2 Å². The van der Waals surface area contributed by atoms with Gasteiger partial charge in [0.15, 0.2) is 0 Å². The third-order valence-corrected chi connectivity index (χ3v) is 4.37. The number of halogens is 3. The van der Waals surface area contributed by atoms with Crippen molar-refractivity contribution in [2.45, 2.75) is 12.7 Å². The van der Waals surface area contributed by atoms with E-state index < -0.39 is 29.8 Å². The van der Waals surface area contributed by atoms with Crippen molar-refractivity contribution in [2.24, 2.45) is 0 Å². The summed E-state index contributed by atoms with van der Waals surface area (Å²) in [6, 6.07) is 9.55. The highest BCUT2D eigenvalue weighted by Gasteiger charge is 2.33. The number of anilines is 1. The first-order chi connectivity index (χ1) is 12.3. The highest BCUT2D eigenvalue weighted by Crippen LogP contribution is 2.34. The summed E-state index contributed by atoms with van der Waals surface area (Å²) in [5.74, 6) is -0.755. The Hall–Kier alpha value is -2.94. The highest BCUT2D eigenvalue weighted by atomic mass is 32.1. The van der Waals surface area contributed by atoms with Gasteiger partial charge in [-0.3, -0.25) is 14.2 Å². The molecule has 1 amide bonds. The quantitative estimate of drug-likeness (QED) is 0.753. The fraction of sp³-hybridized carbons (Fsp3) is 0.118. The van der Waals surface area contributed by atoms with E-state index in [1.165, 1.54) is 35.9 Å². The number of benzene rings is 1. The minimum Gasteiger partial charge on any atom is -0.324 e. The first-order valence-corrected chi connectivity index (χ1v) is 8.29. The Morgan fingerprint density at radius 2 is 1.96 bits per heavy atom. The monoisotopic (exact) mass is 379 g/mol. The van der Waals surface area contributed by atoms with Crippen molar-refractivity contribution >= 4 is 22.9 Å². The van der Waals surface area contributed by atoms with Crippen LogP contribution in [-0.2, 0) is 17.5 Å². The molecule has 0 spiro atoms. The molecule has 0 aliphatic carbocycles. The van der Waals surface area contributed by atoms with Gasteiger partial charge in [-0.25, -0.2) is 4.98 Å². The van der Waals surface area contributed by atoms with Crippen molar-refractivity contribution in [1.82, 2.24) is 9.55 Å². The van der Waals surface area contributed by atoms with E-state index in [1.807, 2.05) is 11.4 Å². The molecule has 2 heterocycles. The zero-order valence-electron chi connectivity index (χ0n) is 13.2. The van der Waals surface area contributed by atoms with E-state index in [0.29, 0.717) is 5.69 Å². The molecule has 9 heteroatoms. The Balaban J connectivity index is 1.76. The van der Waals surface area contributed by atoms with Crippen molar-refractivity contribution < 1.29 is 18.0 Å². The molecule has 0 atom stereocenters. The number of carbonyl (C=O) groups is 1. The number of nitrogens with one attached hydrogen (secondary N) is 1. The zero-order chi connectivity index (χ0) is 18.7. The van der Waals surface area contributed by atoms with E-state index in [4.69, 9.17) is 0 Å². The normalized spacial score (nSPS) is 11.3. The van der Waals surface area contributed by atoms with Crippen LogP contribution in [0, 0.1) is 0 Å². The minimum atomic E-state index is -4.59. The fourth-order valence-corrected chi connectivity index (χ4v) is 2.98. The van der Waals surface area contributed by atoms with E-state index >= 15 is 0 Å². The van der Waals surface area contributed by atoms with Gasteiger partial charge in [-0.15, -0.1) is 11.3 Å². The molecule has 3 rings (SSSR count). The molecule has 0 saturated carbocycles. The van der Waals surface area contributed by atoms with Crippen LogP contribution in [-0.4, -0.2) is 15.5 Å². The zero-order valence-corrected chi connectivity index (χ0v) is 14.0. The van der Waals surface area contributed by atoms with Crippen LogP contribution in [0.15, 0.2) is 59.0 Å². The number of para-hydroxylation sites is 1. The second kappa shape index (κ2) is 7.12. The van der Waals surface area contributed by atoms with Gasteiger partial charge in [-0.05, 0) is 23.6 Å². The lowest BCUT2D eigenvalue weighted by molar-refractivity contribution is -0.137. The third kappa shape index (κ3) is 3.99. The largest absolute Gasteiger partial charge is 0.418 e. The van der Waals surface area contributed by atoms with Crippen LogP contribution in [0.5, 0.6) is 0 Å². The summed E-state index contributed by atoms with van der Waals surface area (Å²) < 4.78 is 39.9. The van der Waals surface area contributed by atoms with Gasteiger partial charge in [0, 0.05) is 6.07 Å². The number of hydrogen-bond acceptors (Lipinski definition) is 4. The summed E-state index contributed by atoms with van der Waals surface area (Å²) in [6.07, 6.45) is -3.39. The number of alkyl halides is 3. The number of nitrogens with zero attached hydrogens (tertiary/aromatic N) is 2. The predicted octanol–water partition coefficient (Wildman–Crippen LogP) is 3.63. The lowest BCUT2D eigenvalue weighted by Crippen LogP contribution is -2.28. The van der Waals surface area contributed by atoms with Crippen molar-refractivity contribution in [3.8, 4) is 10.6 Å². The Labute approximate surface area is 149 Å². The second-order valence-electron chi connectivity index (χ2n) is 5.31. The van der Waals surface area contributed by atoms with E-state index in [9.17, 15) is 22.8 Å². The predicted molar refractivity (Wildman–Crippen MR) is 91.9 cm³/mol. The van der Waals surface area contributed by atoms with Gasteiger partial charge < -0.3 is 5.32 Å². The number of aromatic nitrogens is 2. The average molecular weight is 379 g/mol. The van der Waals surface area contributed by atoms with Gasteiger partial charge in [0.25, 0.3) is 5.56 Å². The SMILES string of the molecule is O=C(Cn1cnc(-c2cccs2)cc1=O)Nc1ccccc1C(F)(F)F. The number of thiophene rings is 1. The summed E-state index contributed by atoms with van der Waals surface area (Å²) in [4.78, 5) is 29.1. The standard InChI is InChI=1S/C17H12F3N3O2S/c18-17(19,20)11-4-1-2-5-12(11)22-15(24)9-23-10-21-13(8-16(23)25)14-6-3-7-26-14/h1-8,10H,9H2,(H,22,24). The molecule has 26 heavy (non-hydrogen) atoms. The van der Waals surface area contributed by atoms with Crippen molar-refractivity contribution in [3.63, 3.8) is 0 Å². The van der Waals surface area contributed by atoms with E-state index in [2.05, 4.69) is 10.3 Å². The molecule has 1 N–H and O–H groups in total. The molecule has 1 aromatic carbocycles. The summed E-state index contributed by atoms with van der Waals surface area (Å²) in [7, 11) is 0. The fourth-order valence-electron chi connectivity index (χ4n) is 2.29. The van der Waals surface area contributed by atoms with E-state index in [-0.39, 0.29) is 5.69 Å². The molecule has 0 bridgehead atoms. The summed E-state index contributed by atoms with van der Waals surface area (Å²) in [6.45, 7) is -0.442. The molecule has 0 aliphatic heterocycles. The molecule has 0 fully saturated rings. The first-order valence-electron chi connectivity index (χ1n) is 7.41. The smallest absolute Gasteiger partial charge is 0.324 e. The topological polar surface area (TPSA) is 64.0 Å². The third-order valence-electron chi connectivity index (χ3n) is 3.47. The first kappa shape index (κ1) is 17.9. The minimum absolute atomic E-state index is 0.360. The van der Waals surface area contributed by atoms with E-state index in [1.54, 1.807) is 6.07 Å². The van der Waals surface area contributed by atoms with Crippen LogP contribution in [0.3, 0.4) is 0 Å². The molecular weight excluding hydrogens is 367 g/mol. The van der Waals surface area contributed by atoms with Gasteiger partial charge >= 0.3 is 6.18 Å². The van der Waals surface area contributed by atoms with Crippen LogP contribution >= 0.6 is 11.3 Å². The van der Waals surface area contributed by atoms with Gasteiger partial charge in [0.1, 0.15) is 6.54 Å². The van der Waals surface area contributed by atoms with Gasteiger partial charge in [0.2, 0.25) is 5.91 Å². The van der Waals surface area contributed by atoms with Crippen LogP contribution in [0.4, 0.5) is 18.9 Å². The molecular formula is C17H12F3N3O2S. The molecule has 3 aromatic rings. The van der Waals surface area contributed by atoms with Crippen molar-refractivity contribution in [3.05, 3.63) is 70.1 Å². The maximum absolute atomic E-state index is 13.0. The number of rotatable bonds is 4. The number of amides is 1. The molecule has 0 radical (unpaired) electrons. The molecule has 134 valence electrons. The van der Waals surface area contributed by atoms with E-state index in [0.717, 1.165) is 21.6 Å². The van der Waals surface area contributed by atoms with Crippen LogP contribution in [0.2, 0.25) is 0 Å². The van der Waals surface area contributed by atoms with Crippen LogP contribution < -0.4 is 10.9 Å². The molecule has 0 unspecified atom stereocenters. The summed E-state index contributed by atoms with van der Waals surface area (Å²) >= 11 is 1.41. The Kier molecular flexibility index (Phi) is 4.90. The molecule has 5 nitrogen and oxygen atoms in total. The number of hydrogen-bond donors (Lipinski definition) is 1. The van der Waals surface area contributed by atoms with Crippen LogP contribution in [0.25, 0.3) is 10.6 Å².